The molecule has 0 saturated heterocycles. The number of benzene rings is 1. The monoisotopic (exact) mass is 256 g/mol. The van der Waals surface area contributed by atoms with Crippen LogP contribution in [-0.2, 0) is 9.53 Å². The standard InChI is InChI=1S/C11H13ClN2O3/c1-6(11(16)17-2)14-10(15)7-4-3-5-8(13)9(7)12/h3-6H,13H2,1-2H3,(H,14,15). The highest BCUT2D eigenvalue weighted by Gasteiger charge is 2.19. The van der Waals surface area contributed by atoms with Crippen molar-refractivity contribution in [3.63, 3.8) is 0 Å². The van der Waals surface area contributed by atoms with Gasteiger partial charge in [0.1, 0.15) is 6.04 Å². The number of methoxy groups -OCH3 is 1. The molecule has 17 heavy (non-hydrogen) atoms. The molecule has 1 unspecified atom stereocenters. The van der Waals surface area contributed by atoms with E-state index in [9.17, 15) is 9.59 Å². The molecule has 1 amide bonds. The maximum absolute atomic E-state index is 11.8. The van der Waals surface area contributed by atoms with Crippen LogP contribution in [0.5, 0.6) is 0 Å². The number of nitrogen functional groups attached to an aromatic ring is 1. The van der Waals surface area contributed by atoms with Crippen molar-refractivity contribution in [2.24, 2.45) is 0 Å². The summed E-state index contributed by atoms with van der Waals surface area (Å²) in [6.45, 7) is 1.52. The molecular formula is C11H13ClN2O3. The number of nitrogens with one attached hydrogen (secondary N) is 1. The molecule has 92 valence electrons. The van der Waals surface area contributed by atoms with E-state index in [-0.39, 0.29) is 10.6 Å². The number of anilines is 1. The second-order valence-corrected chi connectivity index (χ2v) is 3.81. The van der Waals surface area contributed by atoms with Crippen molar-refractivity contribution in [2.75, 3.05) is 12.8 Å². The molecule has 3 N–H and O–H groups in total. The van der Waals surface area contributed by atoms with Gasteiger partial charge in [0.25, 0.3) is 5.91 Å². The van der Waals surface area contributed by atoms with Gasteiger partial charge in [-0.2, -0.15) is 0 Å². The van der Waals surface area contributed by atoms with E-state index in [4.69, 9.17) is 17.3 Å². The lowest BCUT2D eigenvalue weighted by atomic mass is 10.1. The molecule has 0 aliphatic rings. The fraction of sp³-hybridized carbons (Fsp3) is 0.273. The number of ether oxygens (including phenoxy) is 1. The summed E-state index contributed by atoms with van der Waals surface area (Å²) in [5, 5.41) is 2.63. The highest BCUT2D eigenvalue weighted by molar-refractivity contribution is 6.36. The molecule has 0 bridgehead atoms. The van der Waals surface area contributed by atoms with Gasteiger partial charge in [-0.25, -0.2) is 4.79 Å². The van der Waals surface area contributed by atoms with Gasteiger partial charge in [0, 0.05) is 0 Å². The lowest BCUT2D eigenvalue weighted by Crippen LogP contribution is -2.39. The van der Waals surface area contributed by atoms with Crippen LogP contribution in [0.4, 0.5) is 5.69 Å². The number of amides is 1. The molecule has 5 nitrogen and oxygen atoms in total. The van der Waals surface area contributed by atoms with Gasteiger partial charge in [0.15, 0.2) is 0 Å². The lowest BCUT2D eigenvalue weighted by Gasteiger charge is -2.12. The molecule has 1 rings (SSSR count). The summed E-state index contributed by atoms with van der Waals surface area (Å²) in [6, 6.07) is 3.98. The topological polar surface area (TPSA) is 81.4 Å². The number of esters is 1. The lowest BCUT2D eigenvalue weighted by molar-refractivity contribution is -0.142. The van der Waals surface area contributed by atoms with E-state index >= 15 is 0 Å². The van der Waals surface area contributed by atoms with Gasteiger partial charge >= 0.3 is 5.97 Å². The number of carbonyl (C=O) groups excluding carboxylic acids is 2. The van der Waals surface area contributed by atoms with Crippen LogP contribution in [0.2, 0.25) is 5.02 Å². The minimum Gasteiger partial charge on any atom is -0.467 e. The average molecular weight is 257 g/mol. The van der Waals surface area contributed by atoms with Crippen molar-refractivity contribution >= 4 is 29.2 Å². The highest BCUT2D eigenvalue weighted by Crippen LogP contribution is 2.22. The summed E-state index contributed by atoms with van der Waals surface area (Å²) in [5.41, 5.74) is 6.11. The number of hydrogen-bond donors (Lipinski definition) is 2. The number of hydrogen-bond acceptors (Lipinski definition) is 4. The Labute approximate surface area is 104 Å². The Hall–Kier alpha value is -1.75. The predicted molar refractivity (Wildman–Crippen MR) is 64.8 cm³/mol. The van der Waals surface area contributed by atoms with Gasteiger partial charge < -0.3 is 15.8 Å². The second kappa shape index (κ2) is 5.54. The molecule has 0 aliphatic carbocycles. The Bertz CT molecular complexity index is 448. The minimum atomic E-state index is -0.745. The second-order valence-electron chi connectivity index (χ2n) is 3.43. The van der Waals surface area contributed by atoms with E-state index in [1.165, 1.54) is 20.1 Å². The van der Waals surface area contributed by atoms with Crippen molar-refractivity contribution < 1.29 is 14.3 Å². The summed E-state index contributed by atoms with van der Waals surface area (Å²) in [6.07, 6.45) is 0. The normalized spacial score (nSPS) is 11.7. The summed E-state index contributed by atoms with van der Waals surface area (Å²) in [7, 11) is 1.25. The van der Waals surface area contributed by atoms with Crippen molar-refractivity contribution in [3.05, 3.63) is 28.8 Å². The zero-order valence-corrected chi connectivity index (χ0v) is 10.2. The molecule has 1 aromatic carbocycles. The van der Waals surface area contributed by atoms with Gasteiger partial charge in [-0.1, -0.05) is 17.7 Å². The molecule has 6 heteroatoms. The molecule has 0 fully saturated rings. The first-order chi connectivity index (χ1) is 7.97. The zero-order chi connectivity index (χ0) is 13.0. The van der Waals surface area contributed by atoms with Gasteiger partial charge in [0.2, 0.25) is 0 Å². The third-order valence-corrected chi connectivity index (χ3v) is 2.60. The molecule has 0 aliphatic heterocycles. The summed E-state index contributed by atoms with van der Waals surface area (Å²) < 4.78 is 4.49. The SMILES string of the molecule is COC(=O)C(C)NC(=O)c1cccc(N)c1Cl. The van der Waals surface area contributed by atoms with E-state index in [1.54, 1.807) is 12.1 Å². The minimum absolute atomic E-state index is 0.169. The van der Waals surface area contributed by atoms with Gasteiger partial charge in [-0.3, -0.25) is 4.79 Å². The van der Waals surface area contributed by atoms with Crippen LogP contribution in [0.1, 0.15) is 17.3 Å². The number of nitrogens with two attached hydrogens (primary N) is 1. The first-order valence-corrected chi connectivity index (χ1v) is 5.27. The molecule has 0 aromatic heterocycles. The van der Waals surface area contributed by atoms with Crippen LogP contribution in [0, 0.1) is 0 Å². The molecule has 0 spiro atoms. The summed E-state index contributed by atoms with van der Waals surface area (Å²) in [5.74, 6) is -1.00. The maximum atomic E-state index is 11.8. The predicted octanol–water partition coefficient (Wildman–Crippen LogP) is 1.21. The largest absolute Gasteiger partial charge is 0.467 e. The third kappa shape index (κ3) is 3.10. The average Bonchev–Trinajstić information content (AvgIpc) is 2.31. The molecular weight excluding hydrogens is 244 g/mol. The van der Waals surface area contributed by atoms with E-state index in [0.29, 0.717) is 5.69 Å². The van der Waals surface area contributed by atoms with E-state index < -0.39 is 17.9 Å². The number of halogens is 1. The Morgan fingerprint density at radius 3 is 2.71 bits per heavy atom. The van der Waals surface area contributed by atoms with Crippen LogP contribution in [0.15, 0.2) is 18.2 Å². The molecule has 1 aromatic rings. The first-order valence-electron chi connectivity index (χ1n) is 4.90. The van der Waals surface area contributed by atoms with E-state index in [2.05, 4.69) is 10.1 Å². The van der Waals surface area contributed by atoms with Gasteiger partial charge in [-0.05, 0) is 19.1 Å². The van der Waals surface area contributed by atoms with Crippen LogP contribution in [0.3, 0.4) is 0 Å². The Kier molecular flexibility index (Phi) is 4.34. The fourth-order valence-corrected chi connectivity index (χ4v) is 1.45. The zero-order valence-electron chi connectivity index (χ0n) is 9.49. The van der Waals surface area contributed by atoms with Crippen LogP contribution in [-0.4, -0.2) is 25.0 Å². The Morgan fingerprint density at radius 1 is 1.47 bits per heavy atom. The van der Waals surface area contributed by atoms with Gasteiger partial charge in [-0.15, -0.1) is 0 Å². The van der Waals surface area contributed by atoms with Crippen molar-refractivity contribution in [3.8, 4) is 0 Å². The maximum Gasteiger partial charge on any atom is 0.328 e. The van der Waals surface area contributed by atoms with Crippen molar-refractivity contribution in [1.82, 2.24) is 5.32 Å². The first kappa shape index (κ1) is 13.3. The molecule has 1 atom stereocenters. The summed E-state index contributed by atoms with van der Waals surface area (Å²) >= 11 is 5.88. The molecule has 0 radical (unpaired) electrons. The quantitative estimate of drug-likeness (QED) is 0.629. The Morgan fingerprint density at radius 2 is 2.12 bits per heavy atom. The van der Waals surface area contributed by atoms with Crippen molar-refractivity contribution in [2.45, 2.75) is 13.0 Å². The molecule has 0 heterocycles. The van der Waals surface area contributed by atoms with Gasteiger partial charge in [0.05, 0.1) is 23.4 Å². The van der Waals surface area contributed by atoms with Crippen molar-refractivity contribution in [1.29, 1.82) is 0 Å². The smallest absolute Gasteiger partial charge is 0.328 e. The van der Waals surface area contributed by atoms with Crippen LogP contribution in [0.25, 0.3) is 0 Å². The number of rotatable bonds is 3. The highest BCUT2D eigenvalue weighted by atomic mass is 35.5. The Balaban J connectivity index is 2.84. The summed E-state index contributed by atoms with van der Waals surface area (Å²) in [4.78, 5) is 22.9. The van der Waals surface area contributed by atoms with Crippen LogP contribution >= 0.6 is 11.6 Å². The van der Waals surface area contributed by atoms with Crippen LogP contribution < -0.4 is 11.1 Å². The molecule has 0 saturated carbocycles. The van der Waals surface area contributed by atoms with E-state index in [0.717, 1.165) is 0 Å². The number of carbonyl (C=O) groups is 2. The third-order valence-electron chi connectivity index (χ3n) is 2.18. The van der Waals surface area contributed by atoms with E-state index in [1.807, 2.05) is 0 Å². The fourth-order valence-electron chi connectivity index (χ4n) is 1.24.